The predicted molar refractivity (Wildman–Crippen MR) is 122 cm³/mol. The second kappa shape index (κ2) is 8.01. The molecule has 1 atom stereocenters. The summed E-state index contributed by atoms with van der Waals surface area (Å²) in [5.74, 6) is -1.85. The van der Waals surface area contributed by atoms with Gasteiger partial charge in [0.05, 0.1) is 31.5 Å². The highest BCUT2D eigenvalue weighted by Gasteiger charge is 2.48. The van der Waals surface area contributed by atoms with Crippen molar-refractivity contribution in [3.8, 4) is 10.8 Å². The Bertz CT molecular complexity index is 1340. The van der Waals surface area contributed by atoms with E-state index in [1.165, 1.54) is 11.3 Å². The number of aromatic nitrogens is 2. The Labute approximate surface area is 191 Å². The Morgan fingerprint density at radius 2 is 1.78 bits per heavy atom. The molecule has 1 N–H and O–H groups in total. The van der Waals surface area contributed by atoms with Gasteiger partial charge in [-0.05, 0) is 48.0 Å². The number of carbonyl (C=O) groups is 1. The van der Waals surface area contributed by atoms with Gasteiger partial charge in [-0.25, -0.2) is 4.79 Å². The Morgan fingerprint density at radius 1 is 1.00 bits per heavy atom. The van der Waals surface area contributed by atoms with Crippen LogP contribution in [-0.2, 0) is 21.7 Å². The van der Waals surface area contributed by atoms with Crippen molar-refractivity contribution in [1.82, 2.24) is 8.75 Å². The number of hydrogen-bond donors (Lipinski definition) is 1. The van der Waals surface area contributed by atoms with Crippen LogP contribution in [-0.4, -0.2) is 34.0 Å². The van der Waals surface area contributed by atoms with Gasteiger partial charge in [0.25, 0.3) is 5.79 Å². The first-order valence-electron chi connectivity index (χ1n) is 9.71. The molecular formula is C23H18N2O5S2. The quantitative estimate of drug-likeness (QED) is 0.427. The van der Waals surface area contributed by atoms with Crippen molar-refractivity contribution in [2.45, 2.75) is 12.2 Å². The summed E-state index contributed by atoms with van der Waals surface area (Å²) in [7, 11) is 3.18. The van der Waals surface area contributed by atoms with E-state index in [1.54, 1.807) is 56.7 Å². The number of methoxy groups -OCH3 is 2. The maximum absolute atomic E-state index is 13.1. The van der Waals surface area contributed by atoms with E-state index in [2.05, 4.69) is 8.75 Å². The summed E-state index contributed by atoms with van der Waals surface area (Å²) >= 11 is 2.54. The molecule has 9 heteroatoms. The SMILES string of the molecule is COc1ccc(C2=C(Cc3ccc(OC)s3)C(O)(c3ccc4nsnc4c3)OC2=O)cc1. The third kappa shape index (κ3) is 3.44. The fourth-order valence-electron chi connectivity index (χ4n) is 3.76. The van der Waals surface area contributed by atoms with Crippen molar-refractivity contribution in [1.29, 1.82) is 0 Å². The first-order chi connectivity index (χ1) is 15.5. The van der Waals surface area contributed by atoms with E-state index in [-0.39, 0.29) is 0 Å². The van der Waals surface area contributed by atoms with Gasteiger partial charge in [0.1, 0.15) is 16.8 Å². The van der Waals surface area contributed by atoms with Crippen LogP contribution in [0.2, 0.25) is 0 Å². The predicted octanol–water partition coefficient (Wildman–Crippen LogP) is 4.17. The molecule has 1 aliphatic heterocycles. The van der Waals surface area contributed by atoms with Gasteiger partial charge < -0.3 is 19.3 Å². The Hall–Kier alpha value is -3.27. The summed E-state index contributed by atoms with van der Waals surface area (Å²) < 4.78 is 24.6. The zero-order valence-electron chi connectivity index (χ0n) is 17.2. The van der Waals surface area contributed by atoms with E-state index in [0.717, 1.165) is 27.2 Å². The molecule has 2 aromatic heterocycles. The van der Waals surface area contributed by atoms with Gasteiger partial charge in [-0.15, -0.1) is 11.3 Å². The van der Waals surface area contributed by atoms with Crippen molar-refractivity contribution in [3.05, 3.63) is 76.2 Å². The van der Waals surface area contributed by atoms with Gasteiger partial charge in [-0.2, -0.15) is 8.75 Å². The molecule has 2 aromatic carbocycles. The lowest BCUT2D eigenvalue weighted by Crippen LogP contribution is -2.29. The maximum Gasteiger partial charge on any atom is 0.342 e. The second-order valence-electron chi connectivity index (χ2n) is 7.18. The highest BCUT2D eigenvalue weighted by atomic mass is 32.1. The van der Waals surface area contributed by atoms with Gasteiger partial charge in [-0.1, -0.05) is 12.1 Å². The monoisotopic (exact) mass is 466 g/mol. The van der Waals surface area contributed by atoms with E-state index in [4.69, 9.17) is 14.2 Å². The number of hydrogen-bond acceptors (Lipinski definition) is 9. The summed E-state index contributed by atoms with van der Waals surface area (Å²) in [6.45, 7) is 0. The van der Waals surface area contributed by atoms with Crippen molar-refractivity contribution >= 4 is 45.6 Å². The topological polar surface area (TPSA) is 90.8 Å². The molecule has 0 saturated carbocycles. The number of fused-ring (bicyclic) bond motifs is 1. The third-order valence-corrected chi connectivity index (χ3v) is 6.97. The number of esters is 1. The summed E-state index contributed by atoms with van der Waals surface area (Å²) in [6, 6.07) is 16.1. The largest absolute Gasteiger partial charge is 0.497 e. The Balaban J connectivity index is 1.67. The van der Waals surface area contributed by atoms with E-state index in [9.17, 15) is 9.90 Å². The standard InChI is InChI=1S/C23H18N2O5S2/c1-28-15-6-3-13(4-7-15)21-17(12-16-8-10-20(29-2)31-16)23(27,30-22(21)26)14-5-9-18-19(11-14)25-32-24-18/h3-11,27H,12H2,1-2H3. The first kappa shape index (κ1) is 20.6. The lowest BCUT2D eigenvalue weighted by molar-refractivity contribution is -0.185. The lowest BCUT2D eigenvalue weighted by atomic mass is 9.89. The fraction of sp³-hybridized carbons (Fsp3) is 0.174. The molecule has 3 heterocycles. The zero-order chi connectivity index (χ0) is 22.3. The summed E-state index contributed by atoms with van der Waals surface area (Å²) in [5.41, 5.74) is 3.20. The van der Waals surface area contributed by atoms with Gasteiger partial charge >= 0.3 is 5.97 Å². The minimum absolute atomic E-state index is 0.310. The van der Waals surface area contributed by atoms with Crippen LogP contribution in [0.15, 0.2) is 60.2 Å². The van der Waals surface area contributed by atoms with Gasteiger partial charge in [0.15, 0.2) is 5.06 Å². The molecule has 5 rings (SSSR count). The van der Waals surface area contributed by atoms with Crippen LogP contribution in [0, 0.1) is 0 Å². The fourth-order valence-corrected chi connectivity index (χ4v) is 5.11. The number of thiophene rings is 1. The van der Waals surface area contributed by atoms with E-state index < -0.39 is 11.8 Å². The average Bonchev–Trinajstić information content (AvgIpc) is 3.52. The molecule has 0 amide bonds. The van der Waals surface area contributed by atoms with Crippen LogP contribution < -0.4 is 9.47 Å². The normalized spacial score (nSPS) is 18.3. The van der Waals surface area contributed by atoms with Crippen LogP contribution in [0.4, 0.5) is 0 Å². The molecule has 4 aromatic rings. The average molecular weight is 467 g/mol. The highest BCUT2D eigenvalue weighted by molar-refractivity contribution is 7.13. The number of benzene rings is 2. The minimum Gasteiger partial charge on any atom is -0.497 e. The van der Waals surface area contributed by atoms with Crippen LogP contribution in [0.3, 0.4) is 0 Å². The molecule has 32 heavy (non-hydrogen) atoms. The van der Waals surface area contributed by atoms with Crippen molar-refractivity contribution in [2.75, 3.05) is 14.2 Å². The molecule has 0 radical (unpaired) electrons. The summed E-state index contributed by atoms with van der Waals surface area (Å²) in [5, 5.41) is 12.5. The molecule has 0 spiro atoms. The maximum atomic E-state index is 13.1. The molecular weight excluding hydrogens is 448 g/mol. The molecule has 0 aliphatic carbocycles. The molecule has 162 valence electrons. The number of ether oxygens (including phenoxy) is 3. The van der Waals surface area contributed by atoms with Crippen LogP contribution in [0.1, 0.15) is 16.0 Å². The lowest BCUT2D eigenvalue weighted by Gasteiger charge is -2.25. The Kier molecular flexibility index (Phi) is 5.16. The minimum atomic E-state index is -1.93. The van der Waals surface area contributed by atoms with E-state index in [0.29, 0.717) is 40.0 Å². The molecule has 0 saturated heterocycles. The Morgan fingerprint density at radius 3 is 2.50 bits per heavy atom. The van der Waals surface area contributed by atoms with E-state index >= 15 is 0 Å². The smallest absolute Gasteiger partial charge is 0.342 e. The van der Waals surface area contributed by atoms with Crippen LogP contribution in [0.25, 0.3) is 16.6 Å². The molecule has 0 bridgehead atoms. The van der Waals surface area contributed by atoms with Crippen LogP contribution in [0.5, 0.6) is 10.8 Å². The second-order valence-corrected chi connectivity index (χ2v) is 8.84. The van der Waals surface area contributed by atoms with Crippen molar-refractivity contribution in [2.24, 2.45) is 0 Å². The zero-order valence-corrected chi connectivity index (χ0v) is 18.8. The van der Waals surface area contributed by atoms with Gasteiger partial charge in [0.2, 0.25) is 0 Å². The van der Waals surface area contributed by atoms with Crippen molar-refractivity contribution < 1.29 is 24.1 Å². The van der Waals surface area contributed by atoms with Crippen molar-refractivity contribution in [3.63, 3.8) is 0 Å². The number of aliphatic hydroxyl groups is 1. The van der Waals surface area contributed by atoms with E-state index in [1.807, 2.05) is 12.1 Å². The van der Waals surface area contributed by atoms with Crippen LogP contribution >= 0.6 is 23.1 Å². The first-order valence-corrected chi connectivity index (χ1v) is 11.3. The summed E-state index contributed by atoms with van der Waals surface area (Å²) in [6.07, 6.45) is 0.310. The number of rotatable bonds is 6. The number of cyclic esters (lactones) is 1. The van der Waals surface area contributed by atoms with Gasteiger partial charge in [-0.3, -0.25) is 0 Å². The number of nitrogens with zero attached hydrogens (tertiary/aromatic N) is 2. The highest BCUT2D eigenvalue weighted by Crippen LogP contribution is 2.46. The molecule has 0 fully saturated rings. The van der Waals surface area contributed by atoms with Gasteiger partial charge in [0, 0.05) is 22.4 Å². The molecule has 7 nitrogen and oxygen atoms in total. The summed E-state index contributed by atoms with van der Waals surface area (Å²) in [4.78, 5) is 14.0. The third-order valence-electron chi connectivity index (χ3n) is 5.37. The molecule has 1 aliphatic rings. The number of carbonyl (C=O) groups excluding carboxylic acids is 1. The molecule has 1 unspecified atom stereocenters.